The molecule has 0 fully saturated rings. The van der Waals surface area contributed by atoms with E-state index in [2.05, 4.69) is 20.2 Å². The molecule has 2 heterocycles. The van der Waals surface area contributed by atoms with Crippen LogP contribution in [-0.4, -0.2) is 10.1 Å². The molecule has 0 saturated carbocycles. The fourth-order valence-corrected chi connectivity index (χ4v) is 2.66. The normalized spacial score (nSPS) is 10.2. The highest BCUT2D eigenvalue weighted by atomic mass is 35.5. The van der Waals surface area contributed by atoms with E-state index < -0.39 is 0 Å². The summed E-state index contributed by atoms with van der Waals surface area (Å²) in [4.78, 5) is 7.77. The van der Waals surface area contributed by atoms with Crippen molar-refractivity contribution in [2.45, 2.75) is 0 Å². The maximum absolute atomic E-state index is 8.35. The van der Waals surface area contributed by atoms with E-state index in [4.69, 9.17) is 21.7 Å². The molecule has 0 radical (unpaired) electrons. The highest BCUT2D eigenvalue weighted by molar-refractivity contribution is 7.14. The van der Waals surface area contributed by atoms with E-state index in [9.17, 15) is 0 Å². The van der Waals surface area contributed by atoms with Crippen LogP contribution in [0.25, 0.3) is 32.6 Å². The molecule has 1 aromatic carbocycles. The molecule has 6 nitrogen and oxygen atoms in total. The quantitative estimate of drug-likeness (QED) is 0.385. The van der Waals surface area contributed by atoms with Gasteiger partial charge in [-0.1, -0.05) is 46.1 Å². The summed E-state index contributed by atoms with van der Waals surface area (Å²) < 4.78 is 5.20. The van der Waals surface area contributed by atoms with Gasteiger partial charge in [0, 0.05) is 16.2 Å². The van der Waals surface area contributed by atoms with E-state index in [-0.39, 0.29) is 0 Å². The minimum atomic E-state index is 0.388. The van der Waals surface area contributed by atoms with Gasteiger partial charge in [0.2, 0.25) is 5.82 Å². The third-order valence-electron chi connectivity index (χ3n) is 2.52. The number of hydrogen-bond donors (Lipinski definition) is 0. The van der Waals surface area contributed by atoms with Gasteiger partial charge >= 0.3 is 0 Å². The number of nitrogens with zero attached hydrogens (tertiary/aromatic N) is 5. The van der Waals surface area contributed by atoms with Gasteiger partial charge in [0.25, 0.3) is 5.89 Å². The molecule has 0 bridgehead atoms. The van der Waals surface area contributed by atoms with Crippen molar-refractivity contribution in [3.05, 3.63) is 51.2 Å². The molecule has 0 spiro atoms. The summed E-state index contributed by atoms with van der Waals surface area (Å²) in [7, 11) is 0. The second-order valence-corrected chi connectivity index (χ2v) is 5.08. The highest BCUT2D eigenvalue weighted by Gasteiger charge is 2.14. The molecule has 8 heteroatoms. The van der Waals surface area contributed by atoms with E-state index >= 15 is 0 Å². The average molecular weight is 304 g/mol. The largest absolute Gasteiger partial charge is 0.333 e. The van der Waals surface area contributed by atoms with Crippen molar-refractivity contribution in [2.75, 3.05) is 0 Å². The third-order valence-corrected chi connectivity index (χ3v) is 3.85. The van der Waals surface area contributed by atoms with Crippen LogP contribution < -0.4 is 0 Å². The molecule has 0 aliphatic carbocycles. The van der Waals surface area contributed by atoms with Crippen LogP contribution in [0.1, 0.15) is 0 Å². The first-order valence-corrected chi connectivity index (χ1v) is 6.76. The lowest BCUT2D eigenvalue weighted by Gasteiger charge is -1.94. The lowest BCUT2D eigenvalue weighted by molar-refractivity contribution is 0.433. The topological polar surface area (TPSA) is 87.7 Å². The first kappa shape index (κ1) is 12.7. The molecule has 0 unspecified atom stereocenters. The Morgan fingerprint density at radius 2 is 2.05 bits per heavy atom. The van der Waals surface area contributed by atoms with Crippen LogP contribution >= 0.6 is 22.9 Å². The summed E-state index contributed by atoms with van der Waals surface area (Å²) >= 11 is 7.46. The molecule has 0 aliphatic rings. The van der Waals surface area contributed by atoms with Crippen molar-refractivity contribution in [3.63, 3.8) is 0 Å². The zero-order valence-electron chi connectivity index (χ0n) is 9.89. The fraction of sp³-hybridized carbons (Fsp3) is 0. The van der Waals surface area contributed by atoms with Crippen molar-refractivity contribution in [2.24, 2.45) is 5.11 Å². The Balaban J connectivity index is 1.94. The molecule has 0 amide bonds. The summed E-state index contributed by atoms with van der Waals surface area (Å²) in [6, 6.07) is 8.66. The van der Waals surface area contributed by atoms with Gasteiger partial charge in [0.1, 0.15) is 4.88 Å². The van der Waals surface area contributed by atoms with Crippen LogP contribution in [0.15, 0.2) is 45.3 Å². The van der Waals surface area contributed by atoms with E-state index in [0.717, 1.165) is 10.4 Å². The van der Waals surface area contributed by atoms with Crippen molar-refractivity contribution >= 4 is 28.6 Å². The van der Waals surface area contributed by atoms with Crippen LogP contribution in [0.5, 0.6) is 0 Å². The predicted molar refractivity (Wildman–Crippen MR) is 76.9 cm³/mol. The minimum Gasteiger partial charge on any atom is -0.333 e. The predicted octanol–water partition coefficient (Wildman–Crippen LogP) is 5.06. The Hall–Kier alpha value is -2.34. The molecule has 3 rings (SSSR count). The van der Waals surface area contributed by atoms with Crippen LogP contribution in [-0.2, 0) is 0 Å². The van der Waals surface area contributed by atoms with Crippen molar-refractivity contribution in [1.82, 2.24) is 10.1 Å². The Labute approximate surface area is 122 Å². The van der Waals surface area contributed by atoms with Gasteiger partial charge in [-0.15, -0.1) is 11.3 Å². The maximum atomic E-state index is 8.35. The van der Waals surface area contributed by atoms with Gasteiger partial charge in [-0.2, -0.15) is 4.98 Å². The second-order valence-electron chi connectivity index (χ2n) is 3.76. The van der Waals surface area contributed by atoms with Crippen molar-refractivity contribution in [1.29, 1.82) is 0 Å². The van der Waals surface area contributed by atoms with Gasteiger partial charge in [-0.3, -0.25) is 0 Å². The number of aromatic nitrogens is 2. The van der Waals surface area contributed by atoms with E-state index in [1.54, 1.807) is 30.3 Å². The molecule has 0 atom stereocenters. The van der Waals surface area contributed by atoms with Crippen LogP contribution in [0.2, 0.25) is 5.02 Å². The monoisotopic (exact) mass is 303 g/mol. The van der Waals surface area contributed by atoms with Gasteiger partial charge < -0.3 is 4.52 Å². The van der Waals surface area contributed by atoms with Crippen molar-refractivity contribution < 1.29 is 4.52 Å². The Bertz CT molecular complexity index is 788. The Morgan fingerprint density at radius 3 is 2.70 bits per heavy atom. The molecular formula is C12H6ClN5OS. The number of azide groups is 1. The van der Waals surface area contributed by atoms with Crippen LogP contribution in [0.4, 0.5) is 5.69 Å². The first-order valence-electron chi connectivity index (χ1n) is 5.50. The van der Waals surface area contributed by atoms with Crippen LogP contribution in [0, 0.1) is 0 Å². The van der Waals surface area contributed by atoms with E-state index in [1.165, 1.54) is 11.3 Å². The molecular weight excluding hydrogens is 298 g/mol. The van der Waals surface area contributed by atoms with E-state index in [1.807, 2.05) is 5.38 Å². The van der Waals surface area contributed by atoms with Gasteiger partial charge in [-0.05, 0) is 17.0 Å². The molecule has 0 saturated heterocycles. The van der Waals surface area contributed by atoms with Gasteiger partial charge in [-0.25, -0.2) is 0 Å². The molecule has 2 aromatic heterocycles. The van der Waals surface area contributed by atoms with Gasteiger partial charge in [0.15, 0.2) is 0 Å². The molecule has 0 aliphatic heterocycles. The molecule has 3 aromatic rings. The summed E-state index contributed by atoms with van der Waals surface area (Å²) in [6.07, 6.45) is 0. The summed E-state index contributed by atoms with van der Waals surface area (Å²) in [5.74, 6) is 0.844. The number of rotatable bonds is 3. The summed E-state index contributed by atoms with van der Waals surface area (Å²) in [6.45, 7) is 0. The lowest BCUT2D eigenvalue weighted by Crippen LogP contribution is -1.79. The molecule has 98 valence electrons. The number of hydrogen-bond acceptors (Lipinski definition) is 5. The molecule has 0 N–H and O–H groups in total. The van der Waals surface area contributed by atoms with Crippen molar-refractivity contribution in [3.8, 4) is 22.2 Å². The van der Waals surface area contributed by atoms with Gasteiger partial charge in [0.05, 0.1) is 5.02 Å². The van der Waals surface area contributed by atoms with Crippen LogP contribution in [0.3, 0.4) is 0 Å². The SMILES string of the molecule is [N-]=[N+]=Nc1ccc(-c2noc(-c3sccc3Cl)n2)cc1. The zero-order valence-corrected chi connectivity index (χ0v) is 11.5. The number of thiophene rings is 1. The summed E-state index contributed by atoms with van der Waals surface area (Å²) in [5, 5.41) is 9.86. The zero-order chi connectivity index (χ0) is 13.9. The minimum absolute atomic E-state index is 0.388. The lowest BCUT2D eigenvalue weighted by atomic mass is 10.2. The standard InChI is InChI=1S/C12H6ClN5OS/c13-9-5-6-20-10(9)12-15-11(17-19-12)7-1-3-8(4-2-7)16-18-14/h1-6H. The fourth-order valence-electron chi connectivity index (χ4n) is 1.61. The number of halogens is 1. The average Bonchev–Trinajstić information content (AvgIpc) is 3.08. The Morgan fingerprint density at radius 1 is 1.25 bits per heavy atom. The first-order chi connectivity index (χ1) is 9.78. The maximum Gasteiger partial charge on any atom is 0.269 e. The molecule has 20 heavy (non-hydrogen) atoms. The second kappa shape index (κ2) is 5.34. The third kappa shape index (κ3) is 2.37. The Kier molecular flexibility index (Phi) is 3.39. The summed E-state index contributed by atoms with van der Waals surface area (Å²) in [5.41, 5.74) is 9.65. The highest BCUT2D eigenvalue weighted by Crippen LogP contribution is 2.33. The van der Waals surface area contributed by atoms with E-state index in [0.29, 0.717) is 22.4 Å². The smallest absolute Gasteiger partial charge is 0.269 e. The number of benzene rings is 1.